The number of hydrogen-bond acceptors (Lipinski definition) is 1. The Morgan fingerprint density at radius 1 is 1.64 bits per heavy atom. The molecule has 11 heavy (non-hydrogen) atoms. The highest BCUT2D eigenvalue weighted by Crippen LogP contribution is 2.53. The Hall–Kier alpha value is 0.0249. The van der Waals surface area contributed by atoms with Crippen molar-refractivity contribution in [1.82, 2.24) is 0 Å². The van der Waals surface area contributed by atoms with Crippen LogP contribution < -0.4 is 0 Å². The summed E-state index contributed by atoms with van der Waals surface area (Å²) in [4.78, 5) is 0. The molecule has 1 aliphatic carbocycles. The molecule has 2 radical (unpaired) electrons. The van der Waals surface area contributed by atoms with Gasteiger partial charge in [-0.25, -0.2) is 0 Å². The van der Waals surface area contributed by atoms with Gasteiger partial charge < -0.3 is 4.74 Å². The third-order valence-electron chi connectivity index (χ3n) is 3.76. The molecule has 2 rings (SSSR count). The fourth-order valence-electron chi connectivity index (χ4n) is 2.83. The Labute approximate surface area is 69.9 Å². The highest BCUT2D eigenvalue weighted by molar-refractivity contribution is 6.11. The summed E-state index contributed by atoms with van der Waals surface area (Å²) in [6.45, 7) is 4.49. The molecule has 2 unspecified atom stereocenters. The first-order valence-electron chi connectivity index (χ1n) is 4.63. The van der Waals surface area contributed by atoms with Crippen molar-refractivity contribution >= 4 is 7.85 Å². The smallest absolute Gasteiger partial charge is 0.109 e. The molecule has 1 nitrogen and oxygen atoms in total. The fourth-order valence-corrected chi connectivity index (χ4v) is 2.83. The van der Waals surface area contributed by atoms with Crippen LogP contribution in [0.3, 0.4) is 0 Å². The summed E-state index contributed by atoms with van der Waals surface area (Å²) in [5, 5.41) is 0. The molecule has 2 heteroatoms. The summed E-state index contributed by atoms with van der Waals surface area (Å²) in [5.41, 5.74) is 0.157. The summed E-state index contributed by atoms with van der Waals surface area (Å²) in [6.07, 6.45) is 3.62. The molecule has 0 aromatic carbocycles. The van der Waals surface area contributed by atoms with E-state index in [9.17, 15) is 0 Å². The Morgan fingerprint density at radius 2 is 2.36 bits per heavy atom. The summed E-state index contributed by atoms with van der Waals surface area (Å²) in [6, 6.07) is 0.0266. The predicted octanol–water partition coefficient (Wildman–Crippen LogP) is 1.71. The Kier molecular flexibility index (Phi) is 1.57. The minimum Gasteiger partial charge on any atom is -0.381 e. The van der Waals surface area contributed by atoms with Crippen LogP contribution in [-0.4, -0.2) is 19.5 Å². The standard InChI is InChI=1S/C9H15BO/c1-3-9-5-4-7(6(9)2)8(10)11-9/h6-8H,3-5H2,1-2H3/t6?,7?,8-,9+/m1/s1. The predicted molar refractivity (Wildman–Crippen MR) is 45.5 cm³/mol. The second kappa shape index (κ2) is 2.26. The van der Waals surface area contributed by atoms with Crippen LogP contribution >= 0.6 is 0 Å². The van der Waals surface area contributed by atoms with Crippen molar-refractivity contribution in [1.29, 1.82) is 0 Å². The third kappa shape index (κ3) is 0.822. The Morgan fingerprint density at radius 3 is 2.64 bits per heavy atom. The molecule has 2 bridgehead atoms. The molecule has 0 N–H and O–H groups in total. The molecule has 1 saturated carbocycles. The number of fused-ring (bicyclic) bond motifs is 2. The van der Waals surface area contributed by atoms with Gasteiger partial charge in [0.1, 0.15) is 7.85 Å². The SMILES string of the molecule is [B][C@@H]1O[C@@]2(CC)CCC1C2C. The Balaban J connectivity index is 2.24. The Bertz CT molecular complexity index is 171. The van der Waals surface area contributed by atoms with E-state index in [1.54, 1.807) is 0 Å². The summed E-state index contributed by atoms with van der Waals surface area (Å²) in [5.74, 6) is 1.32. The van der Waals surface area contributed by atoms with Gasteiger partial charge in [-0.1, -0.05) is 13.8 Å². The van der Waals surface area contributed by atoms with E-state index in [0.717, 1.165) is 6.42 Å². The normalized spacial score (nSPS) is 55.3. The zero-order valence-corrected chi connectivity index (χ0v) is 7.34. The molecule has 0 spiro atoms. The third-order valence-corrected chi connectivity index (χ3v) is 3.76. The van der Waals surface area contributed by atoms with E-state index in [4.69, 9.17) is 12.6 Å². The van der Waals surface area contributed by atoms with Gasteiger partial charge in [-0.15, -0.1) is 0 Å². The highest BCUT2D eigenvalue weighted by Gasteiger charge is 2.54. The average molecular weight is 150 g/mol. The van der Waals surface area contributed by atoms with Crippen LogP contribution in [0.4, 0.5) is 0 Å². The summed E-state index contributed by atoms with van der Waals surface area (Å²) < 4.78 is 5.79. The molecular weight excluding hydrogens is 135 g/mol. The van der Waals surface area contributed by atoms with Gasteiger partial charge in [0.25, 0.3) is 0 Å². The van der Waals surface area contributed by atoms with E-state index >= 15 is 0 Å². The zero-order chi connectivity index (χ0) is 8.06. The van der Waals surface area contributed by atoms with Gasteiger partial charge in [0.2, 0.25) is 0 Å². The van der Waals surface area contributed by atoms with Crippen LogP contribution in [0.15, 0.2) is 0 Å². The molecule has 1 saturated heterocycles. The minimum absolute atomic E-state index is 0.0266. The van der Waals surface area contributed by atoms with Gasteiger partial charge in [-0.05, 0) is 31.1 Å². The zero-order valence-electron chi connectivity index (χ0n) is 7.34. The van der Waals surface area contributed by atoms with Gasteiger partial charge in [-0.2, -0.15) is 0 Å². The van der Waals surface area contributed by atoms with E-state index in [0.29, 0.717) is 11.8 Å². The largest absolute Gasteiger partial charge is 0.381 e. The molecular formula is C9H15BO. The molecule has 0 amide bonds. The summed E-state index contributed by atoms with van der Waals surface area (Å²) in [7, 11) is 5.85. The van der Waals surface area contributed by atoms with Crippen LogP contribution in [0.1, 0.15) is 33.1 Å². The lowest BCUT2D eigenvalue weighted by Gasteiger charge is -2.30. The first-order valence-corrected chi connectivity index (χ1v) is 4.63. The van der Waals surface area contributed by atoms with Crippen molar-refractivity contribution in [2.75, 3.05) is 0 Å². The monoisotopic (exact) mass is 150 g/mol. The van der Waals surface area contributed by atoms with Gasteiger partial charge in [0.05, 0.1) is 5.60 Å². The highest BCUT2D eigenvalue weighted by atomic mass is 16.5. The molecule has 2 aliphatic rings. The molecule has 1 aliphatic heterocycles. The molecule has 0 aromatic heterocycles. The van der Waals surface area contributed by atoms with Gasteiger partial charge in [0.15, 0.2) is 0 Å². The van der Waals surface area contributed by atoms with E-state index in [-0.39, 0.29) is 11.6 Å². The molecule has 1 heterocycles. The van der Waals surface area contributed by atoms with Gasteiger partial charge in [0, 0.05) is 6.00 Å². The van der Waals surface area contributed by atoms with Crippen LogP contribution in [0.2, 0.25) is 0 Å². The number of ether oxygens (including phenoxy) is 1. The maximum atomic E-state index is 5.85. The van der Waals surface area contributed by atoms with Crippen LogP contribution in [-0.2, 0) is 4.74 Å². The maximum absolute atomic E-state index is 5.85. The molecule has 2 fully saturated rings. The van der Waals surface area contributed by atoms with Crippen LogP contribution in [0.25, 0.3) is 0 Å². The van der Waals surface area contributed by atoms with Gasteiger partial charge in [-0.3, -0.25) is 0 Å². The number of hydrogen-bond donors (Lipinski definition) is 0. The topological polar surface area (TPSA) is 9.23 Å². The van der Waals surface area contributed by atoms with Crippen LogP contribution in [0, 0.1) is 11.8 Å². The van der Waals surface area contributed by atoms with E-state index in [2.05, 4.69) is 13.8 Å². The molecule has 60 valence electrons. The van der Waals surface area contributed by atoms with Crippen molar-refractivity contribution in [3.8, 4) is 0 Å². The lowest BCUT2D eigenvalue weighted by Crippen LogP contribution is -2.32. The van der Waals surface area contributed by atoms with E-state index < -0.39 is 0 Å². The first kappa shape index (κ1) is 7.66. The van der Waals surface area contributed by atoms with E-state index in [1.165, 1.54) is 12.8 Å². The van der Waals surface area contributed by atoms with Crippen molar-refractivity contribution in [2.45, 2.75) is 44.7 Å². The number of rotatable bonds is 1. The second-order valence-electron chi connectivity index (χ2n) is 3.99. The maximum Gasteiger partial charge on any atom is 0.109 e. The quantitative estimate of drug-likeness (QED) is 0.517. The first-order chi connectivity index (χ1) is 5.19. The van der Waals surface area contributed by atoms with Crippen molar-refractivity contribution in [3.05, 3.63) is 0 Å². The second-order valence-corrected chi connectivity index (χ2v) is 3.99. The van der Waals surface area contributed by atoms with E-state index in [1.807, 2.05) is 0 Å². The lowest BCUT2D eigenvalue weighted by atomic mass is 9.81. The van der Waals surface area contributed by atoms with Crippen LogP contribution in [0.5, 0.6) is 0 Å². The van der Waals surface area contributed by atoms with Crippen molar-refractivity contribution < 1.29 is 4.74 Å². The van der Waals surface area contributed by atoms with Crippen molar-refractivity contribution in [3.63, 3.8) is 0 Å². The van der Waals surface area contributed by atoms with Crippen molar-refractivity contribution in [2.24, 2.45) is 11.8 Å². The molecule has 4 atom stereocenters. The fraction of sp³-hybridized carbons (Fsp3) is 1.00. The lowest BCUT2D eigenvalue weighted by molar-refractivity contribution is -0.0489. The van der Waals surface area contributed by atoms with Gasteiger partial charge >= 0.3 is 0 Å². The average Bonchev–Trinajstić information content (AvgIpc) is 2.42. The minimum atomic E-state index is 0.0266. The molecule has 0 aromatic rings. The summed E-state index contributed by atoms with van der Waals surface area (Å²) >= 11 is 0.